The number of hydrogen-bond acceptors (Lipinski definition) is 5. The van der Waals surface area contributed by atoms with Crippen molar-refractivity contribution in [3.63, 3.8) is 0 Å². The number of aromatic hydroxyl groups is 1. The fourth-order valence-electron chi connectivity index (χ4n) is 1.87. The Morgan fingerprint density at radius 3 is 2.30 bits per heavy atom. The zero-order valence-corrected chi connectivity index (χ0v) is 12.2. The minimum Gasteiger partial charge on any atom is -0.508 e. The molecule has 0 atom stereocenters. The third-order valence-electron chi connectivity index (χ3n) is 3.14. The molecule has 0 spiro atoms. The number of nitrogen functional groups attached to an aromatic ring is 1. The Bertz CT molecular complexity index is 735. The Hall–Kier alpha value is -2.22. The summed E-state index contributed by atoms with van der Waals surface area (Å²) in [6, 6.07) is 5.85. The lowest BCUT2D eigenvalue weighted by Crippen LogP contribution is -2.27. The molecule has 1 aromatic heterocycles. The van der Waals surface area contributed by atoms with Crippen LogP contribution in [0.2, 0.25) is 0 Å². The number of hydrogen-bond donors (Lipinski definition) is 2. The summed E-state index contributed by atoms with van der Waals surface area (Å²) in [6.45, 7) is 1.64. The molecule has 2 aromatic rings. The van der Waals surface area contributed by atoms with Gasteiger partial charge in [0.15, 0.2) is 10.7 Å². The lowest BCUT2D eigenvalue weighted by Gasteiger charge is -2.19. The maximum atomic E-state index is 12.6. The van der Waals surface area contributed by atoms with E-state index in [1.165, 1.54) is 36.0 Å². The van der Waals surface area contributed by atoms with Crippen LogP contribution in [-0.4, -0.2) is 30.4 Å². The number of nitrogens with zero attached hydrogens (tertiary/aromatic N) is 3. The van der Waals surface area contributed by atoms with E-state index < -0.39 is 10.0 Å². The SMILES string of the molecule is Cc1c(S(=O)(=O)N(C)c2ccc(O)cc2)c(N)nn1C. The summed E-state index contributed by atoms with van der Waals surface area (Å²) in [6.07, 6.45) is 0. The van der Waals surface area contributed by atoms with Gasteiger partial charge in [0.25, 0.3) is 10.0 Å². The normalized spacial score (nSPS) is 11.6. The lowest BCUT2D eigenvalue weighted by molar-refractivity contribution is 0.475. The van der Waals surface area contributed by atoms with Gasteiger partial charge in [-0.3, -0.25) is 8.99 Å². The van der Waals surface area contributed by atoms with Crippen molar-refractivity contribution in [1.29, 1.82) is 0 Å². The van der Waals surface area contributed by atoms with Crippen LogP contribution in [0.25, 0.3) is 0 Å². The van der Waals surface area contributed by atoms with Gasteiger partial charge in [0, 0.05) is 14.1 Å². The summed E-state index contributed by atoms with van der Waals surface area (Å²) in [7, 11) is -0.748. The van der Waals surface area contributed by atoms with Crippen molar-refractivity contribution >= 4 is 21.5 Å². The second-order valence-corrected chi connectivity index (χ2v) is 6.32. The average molecular weight is 296 g/mol. The largest absolute Gasteiger partial charge is 0.508 e. The molecule has 20 heavy (non-hydrogen) atoms. The molecule has 0 bridgehead atoms. The summed E-state index contributed by atoms with van der Waals surface area (Å²) in [5.41, 5.74) is 6.58. The number of phenolic OH excluding ortho intramolecular Hbond substituents is 1. The second kappa shape index (κ2) is 4.71. The first kappa shape index (κ1) is 14.2. The van der Waals surface area contributed by atoms with Gasteiger partial charge in [-0.1, -0.05) is 0 Å². The quantitative estimate of drug-likeness (QED) is 0.874. The Kier molecular flexibility index (Phi) is 3.34. The summed E-state index contributed by atoms with van der Waals surface area (Å²) < 4.78 is 27.7. The second-order valence-electron chi connectivity index (χ2n) is 4.41. The molecule has 0 saturated carbocycles. The van der Waals surface area contributed by atoms with E-state index in [-0.39, 0.29) is 16.5 Å². The summed E-state index contributed by atoms with van der Waals surface area (Å²) >= 11 is 0. The van der Waals surface area contributed by atoms with E-state index in [1.807, 2.05) is 0 Å². The molecule has 1 aromatic carbocycles. The molecule has 0 aliphatic rings. The van der Waals surface area contributed by atoms with Crippen LogP contribution in [0.5, 0.6) is 5.75 Å². The van der Waals surface area contributed by atoms with Crippen molar-refractivity contribution in [2.24, 2.45) is 7.05 Å². The van der Waals surface area contributed by atoms with Crippen LogP contribution < -0.4 is 10.0 Å². The van der Waals surface area contributed by atoms with E-state index in [4.69, 9.17) is 5.73 Å². The first-order valence-corrected chi connectivity index (χ1v) is 7.26. The topological polar surface area (TPSA) is 101 Å². The van der Waals surface area contributed by atoms with Gasteiger partial charge in [-0.05, 0) is 31.2 Å². The fraction of sp³-hybridized carbons (Fsp3) is 0.250. The number of anilines is 2. The number of aryl methyl sites for hydroxylation is 1. The molecule has 2 rings (SSSR count). The van der Waals surface area contributed by atoms with Crippen LogP contribution in [0.4, 0.5) is 11.5 Å². The standard InChI is InChI=1S/C12H16N4O3S/c1-8-11(12(13)14-15(8)2)20(18,19)16(3)9-4-6-10(17)7-5-9/h4-7,17H,1-3H3,(H2,13,14). The smallest absolute Gasteiger partial charge is 0.269 e. The Balaban J connectivity index is 2.52. The molecule has 108 valence electrons. The molecule has 0 unspecified atom stereocenters. The third-order valence-corrected chi connectivity index (χ3v) is 5.09. The van der Waals surface area contributed by atoms with Crippen molar-refractivity contribution in [2.75, 3.05) is 17.1 Å². The van der Waals surface area contributed by atoms with Crippen LogP contribution >= 0.6 is 0 Å². The van der Waals surface area contributed by atoms with Gasteiger partial charge in [-0.2, -0.15) is 5.10 Å². The van der Waals surface area contributed by atoms with E-state index in [0.717, 1.165) is 4.31 Å². The molecule has 0 saturated heterocycles. The van der Waals surface area contributed by atoms with Gasteiger partial charge in [0.05, 0.1) is 11.4 Å². The predicted molar refractivity (Wildman–Crippen MR) is 76.1 cm³/mol. The maximum Gasteiger partial charge on any atom is 0.269 e. The van der Waals surface area contributed by atoms with Gasteiger partial charge >= 0.3 is 0 Å². The van der Waals surface area contributed by atoms with E-state index in [2.05, 4.69) is 5.10 Å². The number of aromatic nitrogens is 2. The van der Waals surface area contributed by atoms with Crippen LogP contribution in [-0.2, 0) is 17.1 Å². The first-order valence-electron chi connectivity index (χ1n) is 5.82. The summed E-state index contributed by atoms with van der Waals surface area (Å²) in [5.74, 6) is 0.0345. The molecular formula is C12H16N4O3S. The molecule has 3 N–H and O–H groups in total. The Morgan fingerprint density at radius 2 is 1.85 bits per heavy atom. The highest BCUT2D eigenvalue weighted by molar-refractivity contribution is 7.93. The van der Waals surface area contributed by atoms with Crippen molar-refractivity contribution in [2.45, 2.75) is 11.8 Å². The van der Waals surface area contributed by atoms with Crippen LogP contribution in [0, 0.1) is 6.92 Å². The van der Waals surface area contributed by atoms with Gasteiger partial charge in [-0.25, -0.2) is 8.42 Å². The average Bonchev–Trinajstić information content (AvgIpc) is 2.63. The van der Waals surface area contributed by atoms with Crippen LogP contribution in [0.3, 0.4) is 0 Å². The Labute approximate surface area is 117 Å². The van der Waals surface area contributed by atoms with E-state index in [1.54, 1.807) is 14.0 Å². The highest BCUT2D eigenvalue weighted by Gasteiger charge is 2.29. The Morgan fingerprint density at radius 1 is 1.30 bits per heavy atom. The zero-order chi connectivity index (χ0) is 15.1. The van der Waals surface area contributed by atoms with Gasteiger partial charge in [0.1, 0.15) is 5.75 Å². The summed E-state index contributed by atoms with van der Waals surface area (Å²) in [5, 5.41) is 13.2. The molecule has 0 aliphatic heterocycles. The fourth-order valence-corrected chi connectivity index (χ4v) is 3.36. The number of phenols is 1. The van der Waals surface area contributed by atoms with Crippen molar-refractivity contribution < 1.29 is 13.5 Å². The van der Waals surface area contributed by atoms with E-state index in [9.17, 15) is 13.5 Å². The van der Waals surface area contributed by atoms with Crippen molar-refractivity contribution in [3.8, 4) is 5.75 Å². The number of sulfonamides is 1. The molecule has 1 heterocycles. The molecule has 0 amide bonds. The highest BCUT2D eigenvalue weighted by atomic mass is 32.2. The van der Waals surface area contributed by atoms with Gasteiger partial charge in [-0.15, -0.1) is 0 Å². The molecule has 8 heteroatoms. The molecule has 0 radical (unpaired) electrons. The predicted octanol–water partition coefficient (Wildman–Crippen LogP) is 0.841. The van der Waals surface area contributed by atoms with E-state index >= 15 is 0 Å². The van der Waals surface area contributed by atoms with E-state index in [0.29, 0.717) is 11.4 Å². The van der Waals surface area contributed by atoms with Crippen molar-refractivity contribution in [1.82, 2.24) is 9.78 Å². The van der Waals surface area contributed by atoms with Crippen molar-refractivity contribution in [3.05, 3.63) is 30.0 Å². The van der Waals surface area contributed by atoms with Gasteiger partial charge in [0.2, 0.25) is 0 Å². The maximum absolute atomic E-state index is 12.6. The van der Waals surface area contributed by atoms with Gasteiger partial charge < -0.3 is 10.8 Å². The van der Waals surface area contributed by atoms with Crippen LogP contribution in [0.1, 0.15) is 5.69 Å². The number of benzene rings is 1. The monoisotopic (exact) mass is 296 g/mol. The minimum atomic E-state index is -3.80. The highest BCUT2D eigenvalue weighted by Crippen LogP contribution is 2.28. The number of rotatable bonds is 3. The molecule has 7 nitrogen and oxygen atoms in total. The molecular weight excluding hydrogens is 280 g/mol. The summed E-state index contributed by atoms with van der Waals surface area (Å²) in [4.78, 5) is -0.00410. The third kappa shape index (κ3) is 2.18. The first-order chi connectivity index (χ1) is 9.25. The molecule has 0 fully saturated rings. The molecule has 0 aliphatic carbocycles. The number of nitrogens with two attached hydrogens (primary N) is 1. The lowest BCUT2D eigenvalue weighted by atomic mass is 10.3. The zero-order valence-electron chi connectivity index (χ0n) is 11.4. The van der Waals surface area contributed by atoms with Crippen LogP contribution in [0.15, 0.2) is 29.2 Å². The minimum absolute atomic E-state index is 0.00410.